The number of ether oxygens (including phenoxy) is 3. The van der Waals surface area contributed by atoms with Crippen molar-refractivity contribution in [3.8, 4) is 17.2 Å². The van der Waals surface area contributed by atoms with Gasteiger partial charge in [0.25, 0.3) is 5.91 Å². The van der Waals surface area contributed by atoms with Crippen LogP contribution in [0, 0.1) is 0 Å². The van der Waals surface area contributed by atoms with Crippen molar-refractivity contribution in [3.05, 3.63) is 48.0 Å². The molecular formula is C22H28N2O5. The molecule has 0 atom stereocenters. The Hall–Kier alpha value is -3.22. The Balaban J connectivity index is 1.86. The molecule has 2 aromatic carbocycles. The van der Waals surface area contributed by atoms with E-state index in [0.717, 1.165) is 0 Å². The Morgan fingerprint density at radius 3 is 2.41 bits per heavy atom. The fraction of sp³-hybridized carbons (Fsp3) is 0.364. The van der Waals surface area contributed by atoms with Crippen molar-refractivity contribution in [2.45, 2.75) is 19.8 Å². The molecule has 1 N–H and O–H groups in total. The third-order valence-corrected chi connectivity index (χ3v) is 4.41. The third-order valence-electron chi connectivity index (χ3n) is 4.41. The minimum Gasteiger partial charge on any atom is -0.493 e. The standard InChI is InChI=1S/C22H28N2O5/c1-5-29-18-10-7-6-9-17(18)22(26)23-14-8-11-21(25)24(2)16-12-13-19(27-3)20(15-16)28-4/h6-7,9-10,12-13,15H,5,8,11,14H2,1-4H3,(H,23,26). The van der Waals surface area contributed by atoms with Gasteiger partial charge in [-0.3, -0.25) is 9.59 Å². The molecular weight excluding hydrogens is 372 g/mol. The molecule has 0 unspecified atom stereocenters. The number of anilines is 1. The molecule has 0 radical (unpaired) electrons. The van der Waals surface area contributed by atoms with Crippen LogP contribution in [0.25, 0.3) is 0 Å². The number of para-hydroxylation sites is 1. The summed E-state index contributed by atoms with van der Waals surface area (Å²) in [5, 5.41) is 2.84. The van der Waals surface area contributed by atoms with Crippen LogP contribution in [0.3, 0.4) is 0 Å². The van der Waals surface area contributed by atoms with Gasteiger partial charge in [0.15, 0.2) is 11.5 Å². The Labute approximate surface area is 171 Å². The highest BCUT2D eigenvalue weighted by atomic mass is 16.5. The average molecular weight is 400 g/mol. The smallest absolute Gasteiger partial charge is 0.255 e. The molecule has 0 fully saturated rings. The summed E-state index contributed by atoms with van der Waals surface area (Å²) in [6.45, 7) is 2.75. The van der Waals surface area contributed by atoms with E-state index in [1.54, 1.807) is 62.6 Å². The second kappa shape index (κ2) is 10.9. The van der Waals surface area contributed by atoms with Gasteiger partial charge in [0.05, 0.1) is 26.4 Å². The molecule has 2 aromatic rings. The van der Waals surface area contributed by atoms with Crippen molar-refractivity contribution in [2.24, 2.45) is 0 Å². The summed E-state index contributed by atoms with van der Waals surface area (Å²) in [5.41, 5.74) is 1.20. The number of carbonyl (C=O) groups is 2. The van der Waals surface area contributed by atoms with Crippen LogP contribution in [-0.2, 0) is 4.79 Å². The van der Waals surface area contributed by atoms with Gasteiger partial charge in [0.1, 0.15) is 5.75 Å². The fourth-order valence-electron chi connectivity index (χ4n) is 2.82. The minimum atomic E-state index is -0.213. The van der Waals surface area contributed by atoms with Gasteiger partial charge in [0, 0.05) is 31.8 Å². The molecule has 156 valence electrons. The van der Waals surface area contributed by atoms with Gasteiger partial charge in [-0.25, -0.2) is 0 Å². The van der Waals surface area contributed by atoms with E-state index in [-0.39, 0.29) is 11.8 Å². The number of methoxy groups -OCH3 is 2. The number of rotatable bonds is 10. The molecule has 2 rings (SSSR count). The van der Waals surface area contributed by atoms with Gasteiger partial charge < -0.3 is 24.4 Å². The van der Waals surface area contributed by atoms with Crippen LogP contribution in [0.5, 0.6) is 17.2 Å². The second-order valence-corrected chi connectivity index (χ2v) is 6.28. The van der Waals surface area contributed by atoms with E-state index in [1.807, 2.05) is 13.0 Å². The first-order chi connectivity index (χ1) is 14.0. The first kappa shape index (κ1) is 22.1. The first-order valence-electron chi connectivity index (χ1n) is 9.50. The number of amides is 2. The lowest BCUT2D eigenvalue weighted by atomic mass is 10.2. The number of nitrogens with one attached hydrogen (secondary N) is 1. The molecule has 2 amide bonds. The molecule has 0 heterocycles. The molecule has 29 heavy (non-hydrogen) atoms. The zero-order chi connectivity index (χ0) is 21.2. The predicted molar refractivity (Wildman–Crippen MR) is 112 cm³/mol. The van der Waals surface area contributed by atoms with Crippen molar-refractivity contribution in [2.75, 3.05) is 39.3 Å². The molecule has 0 spiro atoms. The number of hydrogen-bond donors (Lipinski definition) is 1. The molecule has 7 nitrogen and oxygen atoms in total. The number of nitrogens with zero attached hydrogens (tertiary/aromatic N) is 1. The summed E-state index contributed by atoms with van der Waals surface area (Å²) in [5.74, 6) is 1.45. The monoisotopic (exact) mass is 400 g/mol. The molecule has 0 aliphatic heterocycles. The molecule has 0 aliphatic carbocycles. The highest BCUT2D eigenvalue weighted by Gasteiger charge is 2.15. The summed E-state index contributed by atoms with van der Waals surface area (Å²) >= 11 is 0. The summed E-state index contributed by atoms with van der Waals surface area (Å²) in [6.07, 6.45) is 0.831. The van der Waals surface area contributed by atoms with E-state index in [9.17, 15) is 9.59 Å². The summed E-state index contributed by atoms with van der Waals surface area (Å²) < 4.78 is 16.0. The van der Waals surface area contributed by atoms with Crippen LogP contribution < -0.4 is 24.4 Å². The summed E-state index contributed by atoms with van der Waals surface area (Å²) in [6, 6.07) is 12.4. The second-order valence-electron chi connectivity index (χ2n) is 6.28. The average Bonchev–Trinajstić information content (AvgIpc) is 2.75. The van der Waals surface area contributed by atoms with E-state index in [1.165, 1.54) is 0 Å². The van der Waals surface area contributed by atoms with Crippen LogP contribution in [0.2, 0.25) is 0 Å². The molecule has 7 heteroatoms. The van der Waals surface area contributed by atoms with Gasteiger partial charge in [-0.2, -0.15) is 0 Å². The van der Waals surface area contributed by atoms with Crippen LogP contribution >= 0.6 is 0 Å². The quantitative estimate of drug-likeness (QED) is 0.620. The number of benzene rings is 2. The Morgan fingerprint density at radius 2 is 1.72 bits per heavy atom. The van der Waals surface area contributed by atoms with E-state index in [0.29, 0.717) is 54.5 Å². The molecule has 0 aromatic heterocycles. The zero-order valence-corrected chi connectivity index (χ0v) is 17.4. The maximum atomic E-state index is 12.5. The Kier molecular flexibility index (Phi) is 8.33. The van der Waals surface area contributed by atoms with Crippen molar-refractivity contribution < 1.29 is 23.8 Å². The normalized spacial score (nSPS) is 10.2. The molecule has 0 bridgehead atoms. The molecule has 0 saturated heterocycles. The topological polar surface area (TPSA) is 77.1 Å². The summed E-state index contributed by atoms with van der Waals surface area (Å²) in [4.78, 5) is 26.4. The van der Waals surface area contributed by atoms with Crippen molar-refractivity contribution in [1.29, 1.82) is 0 Å². The summed E-state index contributed by atoms with van der Waals surface area (Å²) in [7, 11) is 4.82. The van der Waals surface area contributed by atoms with E-state index >= 15 is 0 Å². The predicted octanol–water partition coefficient (Wildman–Crippen LogP) is 3.28. The van der Waals surface area contributed by atoms with E-state index in [4.69, 9.17) is 14.2 Å². The molecule has 0 saturated carbocycles. The van der Waals surface area contributed by atoms with E-state index < -0.39 is 0 Å². The van der Waals surface area contributed by atoms with Crippen molar-refractivity contribution in [3.63, 3.8) is 0 Å². The lowest BCUT2D eigenvalue weighted by Crippen LogP contribution is -2.29. The lowest BCUT2D eigenvalue weighted by Gasteiger charge is -2.19. The van der Waals surface area contributed by atoms with Crippen LogP contribution in [-0.4, -0.2) is 46.2 Å². The maximum Gasteiger partial charge on any atom is 0.255 e. The van der Waals surface area contributed by atoms with Gasteiger partial charge in [-0.15, -0.1) is 0 Å². The van der Waals surface area contributed by atoms with Crippen LogP contribution in [0.1, 0.15) is 30.1 Å². The van der Waals surface area contributed by atoms with Gasteiger partial charge in [0.2, 0.25) is 5.91 Å². The number of carbonyl (C=O) groups excluding carboxylic acids is 2. The van der Waals surface area contributed by atoms with Crippen LogP contribution in [0.4, 0.5) is 5.69 Å². The van der Waals surface area contributed by atoms with E-state index in [2.05, 4.69) is 5.32 Å². The van der Waals surface area contributed by atoms with Gasteiger partial charge in [-0.1, -0.05) is 12.1 Å². The zero-order valence-electron chi connectivity index (χ0n) is 17.4. The highest BCUT2D eigenvalue weighted by molar-refractivity contribution is 5.97. The van der Waals surface area contributed by atoms with Crippen molar-refractivity contribution in [1.82, 2.24) is 5.32 Å². The van der Waals surface area contributed by atoms with Crippen molar-refractivity contribution >= 4 is 17.5 Å². The first-order valence-corrected chi connectivity index (χ1v) is 9.50. The maximum absolute atomic E-state index is 12.5. The Bertz CT molecular complexity index is 838. The Morgan fingerprint density at radius 1 is 1.00 bits per heavy atom. The van der Waals surface area contributed by atoms with Crippen LogP contribution in [0.15, 0.2) is 42.5 Å². The van der Waals surface area contributed by atoms with Gasteiger partial charge >= 0.3 is 0 Å². The largest absolute Gasteiger partial charge is 0.493 e. The SMILES string of the molecule is CCOc1ccccc1C(=O)NCCCC(=O)N(C)c1ccc(OC)c(OC)c1. The highest BCUT2D eigenvalue weighted by Crippen LogP contribution is 2.31. The minimum absolute atomic E-state index is 0.0545. The lowest BCUT2D eigenvalue weighted by molar-refractivity contribution is -0.118. The van der Waals surface area contributed by atoms with Gasteiger partial charge in [-0.05, 0) is 37.6 Å². The number of hydrogen-bond acceptors (Lipinski definition) is 5. The molecule has 0 aliphatic rings. The fourth-order valence-corrected chi connectivity index (χ4v) is 2.82. The third kappa shape index (κ3) is 5.88.